The van der Waals surface area contributed by atoms with Crippen molar-refractivity contribution in [1.29, 1.82) is 0 Å². The van der Waals surface area contributed by atoms with E-state index >= 15 is 0 Å². The molecule has 0 bridgehead atoms. The summed E-state index contributed by atoms with van der Waals surface area (Å²) in [4.78, 5) is 19.0. The zero-order valence-corrected chi connectivity index (χ0v) is 11.7. The minimum Gasteiger partial charge on any atom is -0.272 e. The number of nitrogens with zero attached hydrogens (tertiary/aromatic N) is 1. The van der Waals surface area contributed by atoms with E-state index in [2.05, 4.69) is 14.5 Å². The average molecular weight is 333 g/mol. The number of anilines is 1. The largest absolute Gasteiger partial charge is 0.414 e. The van der Waals surface area contributed by atoms with Crippen molar-refractivity contribution < 1.29 is 31.2 Å². The third-order valence-corrected chi connectivity index (χ3v) is 3.09. The molecule has 20 heavy (non-hydrogen) atoms. The van der Waals surface area contributed by atoms with Crippen LogP contribution >= 0.6 is 11.3 Å². The predicted molar refractivity (Wildman–Crippen MR) is 64.4 cm³/mol. The van der Waals surface area contributed by atoms with Crippen molar-refractivity contribution in [2.75, 3.05) is 17.6 Å². The van der Waals surface area contributed by atoms with E-state index in [0.29, 0.717) is 0 Å². The number of hydrogen-bond acceptors (Lipinski definition) is 6. The second-order valence-electron chi connectivity index (χ2n) is 3.62. The molecule has 1 amide bonds. The van der Waals surface area contributed by atoms with Gasteiger partial charge in [0.05, 0.1) is 18.4 Å². The minimum absolute atomic E-state index is 0.0616. The lowest BCUT2D eigenvalue weighted by atomic mass is 10.3. The molecule has 1 aromatic rings. The van der Waals surface area contributed by atoms with Crippen molar-refractivity contribution in [1.82, 2.24) is 10.5 Å². The highest BCUT2D eigenvalue weighted by Crippen LogP contribution is 2.17. The van der Waals surface area contributed by atoms with Gasteiger partial charge in [-0.3, -0.25) is 14.4 Å². The molecule has 0 aromatic carbocycles. The Bertz CT molecular complexity index is 570. The standard InChI is InChI=1S/C8H10F3N3O4S2/c1-20(16,17)14-7-12-5(3-19-7)2-6(15)13-18-4-8(9,10)11/h3H,2,4H2,1H3,(H,12,14)(H,13,15). The summed E-state index contributed by atoms with van der Waals surface area (Å²) in [6, 6.07) is 0. The second kappa shape index (κ2) is 6.37. The van der Waals surface area contributed by atoms with Crippen LogP contribution in [0.15, 0.2) is 5.38 Å². The molecule has 0 saturated heterocycles. The first-order chi connectivity index (χ1) is 9.05. The molecule has 2 N–H and O–H groups in total. The maximum atomic E-state index is 11.7. The van der Waals surface area contributed by atoms with Crippen LogP contribution in [0.5, 0.6) is 0 Å². The Morgan fingerprint density at radius 2 is 2.15 bits per heavy atom. The van der Waals surface area contributed by atoms with E-state index in [1.54, 1.807) is 5.48 Å². The molecule has 0 unspecified atom stereocenters. The van der Waals surface area contributed by atoms with Crippen molar-refractivity contribution in [2.24, 2.45) is 0 Å². The molecule has 0 spiro atoms. The Morgan fingerprint density at radius 3 is 2.70 bits per heavy atom. The summed E-state index contributed by atoms with van der Waals surface area (Å²) < 4.78 is 59.2. The fourth-order valence-electron chi connectivity index (χ4n) is 0.993. The lowest BCUT2D eigenvalue weighted by molar-refractivity contribution is -0.191. The number of halogens is 3. The Labute approximate surface area is 116 Å². The van der Waals surface area contributed by atoms with E-state index in [4.69, 9.17) is 0 Å². The molecule has 1 rings (SSSR count). The summed E-state index contributed by atoms with van der Waals surface area (Å²) in [5.74, 6) is -0.828. The van der Waals surface area contributed by atoms with Gasteiger partial charge in [-0.05, 0) is 0 Å². The third kappa shape index (κ3) is 7.25. The smallest absolute Gasteiger partial charge is 0.272 e. The first-order valence-corrected chi connectivity index (χ1v) is 7.72. The number of nitrogens with one attached hydrogen (secondary N) is 2. The highest BCUT2D eigenvalue weighted by Gasteiger charge is 2.28. The molecule has 1 heterocycles. The van der Waals surface area contributed by atoms with Crippen LogP contribution in [0.25, 0.3) is 0 Å². The van der Waals surface area contributed by atoms with Crippen LogP contribution in [-0.2, 0) is 26.1 Å². The maximum Gasteiger partial charge on any atom is 0.414 e. The lowest BCUT2D eigenvalue weighted by Crippen LogP contribution is -2.30. The van der Waals surface area contributed by atoms with Crippen molar-refractivity contribution >= 4 is 32.4 Å². The molecule has 0 fully saturated rings. The van der Waals surface area contributed by atoms with Gasteiger partial charge in [0.1, 0.15) is 0 Å². The summed E-state index contributed by atoms with van der Waals surface area (Å²) in [6.07, 6.45) is -3.94. The summed E-state index contributed by atoms with van der Waals surface area (Å²) in [7, 11) is -3.48. The molecule has 114 valence electrons. The van der Waals surface area contributed by atoms with Crippen LogP contribution in [0.4, 0.5) is 18.3 Å². The van der Waals surface area contributed by atoms with Gasteiger partial charge in [0.25, 0.3) is 0 Å². The van der Waals surface area contributed by atoms with Crippen molar-refractivity contribution in [3.8, 4) is 0 Å². The van der Waals surface area contributed by atoms with Crippen molar-refractivity contribution in [3.63, 3.8) is 0 Å². The number of carbonyl (C=O) groups excluding carboxylic acids is 1. The number of amides is 1. The van der Waals surface area contributed by atoms with Crippen LogP contribution in [0.3, 0.4) is 0 Å². The van der Waals surface area contributed by atoms with Crippen molar-refractivity contribution in [2.45, 2.75) is 12.6 Å². The van der Waals surface area contributed by atoms with E-state index in [-0.39, 0.29) is 17.2 Å². The lowest BCUT2D eigenvalue weighted by Gasteiger charge is -2.07. The van der Waals surface area contributed by atoms with Gasteiger partial charge < -0.3 is 0 Å². The number of hydrogen-bond donors (Lipinski definition) is 2. The molecule has 1 aromatic heterocycles. The van der Waals surface area contributed by atoms with Gasteiger partial charge in [-0.2, -0.15) is 13.2 Å². The van der Waals surface area contributed by atoms with E-state index in [1.807, 2.05) is 0 Å². The molecule has 0 saturated carbocycles. The minimum atomic E-state index is -4.54. The van der Waals surface area contributed by atoms with E-state index in [0.717, 1.165) is 17.6 Å². The predicted octanol–water partition coefficient (Wildman–Crippen LogP) is 0.667. The summed E-state index contributed by atoms with van der Waals surface area (Å²) in [5.41, 5.74) is 1.82. The number of aromatic nitrogens is 1. The molecule has 0 radical (unpaired) electrons. The average Bonchev–Trinajstić information content (AvgIpc) is 2.60. The fraction of sp³-hybridized carbons (Fsp3) is 0.500. The van der Waals surface area contributed by atoms with Crippen LogP contribution in [0.1, 0.15) is 5.69 Å². The SMILES string of the molecule is CS(=O)(=O)Nc1nc(CC(=O)NOCC(F)(F)F)cs1. The molecule has 12 heteroatoms. The molecule has 0 aliphatic carbocycles. The zero-order valence-electron chi connectivity index (χ0n) is 10.0. The van der Waals surface area contributed by atoms with Gasteiger partial charge in [0, 0.05) is 5.38 Å². The number of alkyl halides is 3. The fourth-order valence-corrected chi connectivity index (χ4v) is 2.56. The van der Waals surface area contributed by atoms with Gasteiger partial charge in [0.2, 0.25) is 15.9 Å². The Kier molecular flexibility index (Phi) is 5.30. The van der Waals surface area contributed by atoms with Gasteiger partial charge in [-0.25, -0.2) is 18.9 Å². The monoisotopic (exact) mass is 333 g/mol. The third-order valence-electron chi connectivity index (χ3n) is 1.59. The summed E-state index contributed by atoms with van der Waals surface area (Å²) in [5, 5.41) is 1.46. The molecular weight excluding hydrogens is 323 g/mol. The van der Waals surface area contributed by atoms with E-state index in [9.17, 15) is 26.4 Å². The Balaban J connectivity index is 2.43. The van der Waals surface area contributed by atoms with Crippen molar-refractivity contribution in [3.05, 3.63) is 11.1 Å². The normalized spacial score (nSPS) is 12.2. The number of sulfonamides is 1. The second-order valence-corrected chi connectivity index (χ2v) is 6.23. The molecule has 0 aliphatic heterocycles. The zero-order chi connectivity index (χ0) is 15.4. The number of hydroxylamine groups is 1. The summed E-state index contributed by atoms with van der Waals surface area (Å²) >= 11 is 0.944. The quantitative estimate of drug-likeness (QED) is 0.746. The summed E-state index contributed by atoms with van der Waals surface area (Å²) in [6.45, 7) is -1.60. The van der Waals surface area contributed by atoms with Crippen LogP contribution in [0.2, 0.25) is 0 Å². The topological polar surface area (TPSA) is 97.4 Å². The molecule has 7 nitrogen and oxygen atoms in total. The van der Waals surface area contributed by atoms with Gasteiger partial charge in [-0.15, -0.1) is 11.3 Å². The maximum absolute atomic E-state index is 11.7. The van der Waals surface area contributed by atoms with Crippen LogP contribution in [0, 0.1) is 0 Å². The van der Waals surface area contributed by atoms with Gasteiger partial charge in [0.15, 0.2) is 11.7 Å². The van der Waals surface area contributed by atoms with Gasteiger partial charge in [-0.1, -0.05) is 0 Å². The highest BCUT2D eigenvalue weighted by molar-refractivity contribution is 7.92. The number of rotatable bonds is 6. The first kappa shape index (κ1) is 16.7. The Hall–Kier alpha value is -1.40. The first-order valence-electron chi connectivity index (χ1n) is 4.95. The molecular formula is C8H10F3N3O4S2. The van der Waals surface area contributed by atoms with Crippen LogP contribution < -0.4 is 10.2 Å². The Morgan fingerprint density at radius 1 is 1.50 bits per heavy atom. The van der Waals surface area contributed by atoms with E-state index in [1.165, 1.54) is 5.38 Å². The molecule has 0 aliphatic rings. The number of thiazole rings is 1. The molecule has 0 atom stereocenters. The van der Waals surface area contributed by atoms with E-state index < -0.39 is 28.7 Å². The van der Waals surface area contributed by atoms with Crippen LogP contribution in [-0.4, -0.2) is 38.3 Å². The van der Waals surface area contributed by atoms with Gasteiger partial charge >= 0.3 is 6.18 Å². The number of carbonyl (C=O) groups is 1. The highest BCUT2D eigenvalue weighted by atomic mass is 32.2.